The highest BCUT2D eigenvalue weighted by Gasteiger charge is 2.30. The molecule has 5 rings (SSSR count). The van der Waals surface area contributed by atoms with Gasteiger partial charge in [-0.2, -0.15) is 0 Å². The Balaban J connectivity index is 1.14. The first kappa shape index (κ1) is 22.8. The molecule has 4 heterocycles. The lowest BCUT2D eigenvalue weighted by molar-refractivity contribution is -0.130. The number of hydrogen-bond donors (Lipinski definition) is 0. The largest absolute Gasteiger partial charge is 0.474 e. The molecular weight excluding hydrogens is 430 g/mol. The minimum atomic E-state index is -0.0545. The van der Waals surface area contributed by atoms with Crippen LogP contribution in [-0.2, 0) is 17.8 Å². The molecule has 2 amide bonds. The predicted molar refractivity (Wildman–Crippen MR) is 127 cm³/mol. The lowest BCUT2D eigenvalue weighted by Crippen LogP contribution is -2.48. The van der Waals surface area contributed by atoms with Crippen LogP contribution in [0.15, 0.2) is 36.7 Å². The van der Waals surface area contributed by atoms with Gasteiger partial charge >= 0.3 is 0 Å². The molecule has 2 fully saturated rings. The van der Waals surface area contributed by atoms with Gasteiger partial charge in [0.2, 0.25) is 11.8 Å². The number of rotatable bonds is 4. The molecule has 0 N–H and O–H groups in total. The summed E-state index contributed by atoms with van der Waals surface area (Å²) in [7, 11) is 0. The van der Waals surface area contributed by atoms with E-state index in [0.29, 0.717) is 30.7 Å². The van der Waals surface area contributed by atoms with Gasteiger partial charge in [0.1, 0.15) is 18.1 Å². The standard InChI is InChI=1S/C26H33N5O3/c1-19(32)29-14-9-23(10-15-29)34-25-16-24(27-18-28-25)26(33)30-12-7-22(8-13-30)31-11-6-20-4-2-3-5-21(20)17-31/h2-5,16,18,22-23H,6-15,17H2,1H3. The summed E-state index contributed by atoms with van der Waals surface area (Å²) in [6.07, 6.45) is 6.01. The van der Waals surface area contributed by atoms with Crippen molar-refractivity contribution in [1.29, 1.82) is 0 Å². The molecule has 1 aromatic heterocycles. The number of fused-ring (bicyclic) bond motifs is 1. The summed E-state index contributed by atoms with van der Waals surface area (Å²) < 4.78 is 6.02. The first-order valence-corrected chi connectivity index (χ1v) is 12.4. The Morgan fingerprint density at radius 1 is 0.912 bits per heavy atom. The van der Waals surface area contributed by atoms with E-state index in [1.165, 1.54) is 17.5 Å². The number of hydrogen-bond acceptors (Lipinski definition) is 6. The van der Waals surface area contributed by atoms with Crippen molar-refractivity contribution in [1.82, 2.24) is 24.7 Å². The van der Waals surface area contributed by atoms with Crippen molar-refractivity contribution >= 4 is 11.8 Å². The molecule has 0 unspecified atom stereocenters. The highest BCUT2D eigenvalue weighted by atomic mass is 16.5. The predicted octanol–water partition coefficient (Wildman–Crippen LogP) is 2.53. The fourth-order valence-electron chi connectivity index (χ4n) is 5.41. The zero-order valence-electron chi connectivity index (χ0n) is 19.9. The van der Waals surface area contributed by atoms with E-state index in [4.69, 9.17) is 4.74 Å². The Labute approximate surface area is 200 Å². The molecule has 3 aliphatic heterocycles. The highest BCUT2D eigenvalue weighted by Crippen LogP contribution is 2.26. The number of ether oxygens (including phenoxy) is 1. The van der Waals surface area contributed by atoms with Gasteiger partial charge in [-0.15, -0.1) is 0 Å². The summed E-state index contributed by atoms with van der Waals surface area (Å²) >= 11 is 0. The third-order valence-electron chi connectivity index (χ3n) is 7.46. The first-order chi connectivity index (χ1) is 16.6. The van der Waals surface area contributed by atoms with Crippen LogP contribution in [0.4, 0.5) is 0 Å². The molecule has 3 aliphatic rings. The van der Waals surface area contributed by atoms with Gasteiger partial charge in [-0.3, -0.25) is 14.5 Å². The van der Waals surface area contributed by atoms with Crippen LogP contribution >= 0.6 is 0 Å². The monoisotopic (exact) mass is 463 g/mol. The SMILES string of the molecule is CC(=O)N1CCC(Oc2cc(C(=O)N3CCC(N4CCc5ccccc5C4)CC3)ncn2)CC1. The molecule has 8 heteroatoms. The number of likely N-dealkylation sites (tertiary alicyclic amines) is 2. The topological polar surface area (TPSA) is 78.9 Å². The highest BCUT2D eigenvalue weighted by molar-refractivity contribution is 5.92. The molecule has 0 atom stereocenters. The van der Waals surface area contributed by atoms with Crippen molar-refractivity contribution < 1.29 is 14.3 Å². The number of amides is 2. The van der Waals surface area contributed by atoms with E-state index >= 15 is 0 Å². The van der Waals surface area contributed by atoms with Crippen molar-refractivity contribution in [2.75, 3.05) is 32.7 Å². The molecule has 34 heavy (non-hydrogen) atoms. The van der Waals surface area contributed by atoms with Crippen LogP contribution in [0.1, 0.15) is 54.2 Å². The number of piperidine rings is 2. The Morgan fingerprint density at radius 3 is 2.35 bits per heavy atom. The van der Waals surface area contributed by atoms with E-state index in [9.17, 15) is 9.59 Å². The number of carbonyl (C=O) groups is 2. The maximum atomic E-state index is 13.1. The molecule has 0 radical (unpaired) electrons. The van der Waals surface area contributed by atoms with Gasteiger partial charge < -0.3 is 14.5 Å². The smallest absolute Gasteiger partial charge is 0.272 e. The van der Waals surface area contributed by atoms with E-state index < -0.39 is 0 Å². The fraction of sp³-hybridized carbons (Fsp3) is 0.538. The van der Waals surface area contributed by atoms with Crippen molar-refractivity contribution in [3.8, 4) is 5.88 Å². The quantitative estimate of drug-likeness (QED) is 0.693. The molecule has 8 nitrogen and oxygen atoms in total. The molecule has 2 saturated heterocycles. The fourth-order valence-corrected chi connectivity index (χ4v) is 5.41. The minimum absolute atomic E-state index is 0.00105. The van der Waals surface area contributed by atoms with E-state index in [1.807, 2.05) is 9.80 Å². The zero-order valence-corrected chi connectivity index (χ0v) is 19.9. The van der Waals surface area contributed by atoms with Gasteiger partial charge in [0.25, 0.3) is 5.91 Å². The van der Waals surface area contributed by atoms with Crippen LogP contribution in [0.25, 0.3) is 0 Å². The summed E-state index contributed by atoms with van der Waals surface area (Å²) in [4.78, 5) is 39.4. The first-order valence-electron chi connectivity index (χ1n) is 12.4. The van der Waals surface area contributed by atoms with E-state index in [2.05, 4.69) is 39.1 Å². The maximum absolute atomic E-state index is 13.1. The summed E-state index contributed by atoms with van der Waals surface area (Å²) in [5.74, 6) is 0.477. The summed E-state index contributed by atoms with van der Waals surface area (Å²) in [5, 5.41) is 0. The summed E-state index contributed by atoms with van der Waals surface area (Å²) in [6, 6.07) is 10.9. The van der Waals surface area contributed by atoms with Crippen molar-refractivity contribution in [2.45, 2.75) is 57.7 Å². The van der Waals surface area contributed by atoms with Crippen LogP contribution in [0, 0.1) is 0 Å². The lowest BCUT2D eigenvalue weighted by atomic mass is 9.95. The number of aromatic nitrogens is 2. The van der Waals surface area contributed by atoms with Gasteiger partial charge in [0.05, 0.1) is 0 Å². The van der Waals surface area contributed by atoms with E-state index in [0.717, 1.165) is 58.3 Å². The Morgan fingerprint density at radius 2 is 1.62 bits per heavy atom. The van der Waals surface area contributed by atoms with Crippen molar-refractivity contribution in [3.63, 3.8) is 0 Å². The van der Waals surface area contributed by atoms with Gasteiger partial charge in [-0.1, -0.05) is 24.3 Å². The number of carbonyl (C=O) groups excluding carboxylic acids is 2. The maximum Gasteiger partial charge on any atom is 0.272 e. The Kier molecular flexibility index (Phi) is 6.76. The second kappa shape index (κ2) is 10.1. The number of nitrogens with zero attached hydrogens (tertiary/aromatic N) is 5. The Bertz CT molecular complexity index is 1030. The van der Waals surface area contributed by atoms with Gasteiger partial charge in [0.15, 0.2) is 0 Å². The molecule has 1 aromatic carbocycles. The zero-order chi connectivity index (χ0) is 23.5. The van der Waals surface area contributed by atoms with Crippen molar-refractivity contribution in [3.05, 3.63) is 53.5 Å². The van der Waals surface area contributed by atoms with Gasteiger partial charge in [-0.25, -0.2) is 9.97 Å². The Hall–Kier alpha value is -3.00. The average molecular weight is 464 g/mol. The lowest BCUT2D eigenvalue weighted by Gasteiger charge is -2.40. The number of benzene rings is 1. The van der Waals surface area contributed by atoms with Crippen LogP contribution in [-0.4, -0.2) is 81.4 Å². The second-order valence-electron chi connectivity index (χ2n) is 9.58. The summed E-state index contributed by atoms with van der Waals surface area (Å²) in [6.45, 7) is 6.55. The van der Waals surface area contributed by atoms with Crippen LogP contribution in [0.3, 0.4) is 0 Å². The van der Waals surface area contributed by atoms with Crippen LogP contribution < -0.4 is 4.74 Å². The van der Waals surface area contributed by atoms with Crippen molar-refractivity contribution in [2.24, 2.45) is 0 Å². The van der Waals surface area contributed by atoms with Crippen LogP contribution in [0.2, 0.25) is 0 Å². The molecular formula is C26H33N5O3. The third kappa shape index (κ3) is 5.06. The average Bonchev–Trinajstić information content (AvgIpc) is 2.88. The van der Waals surface area contributed by atoms with Crippen LogP contribution in [0.5, 0.6) is 5.88 Å². The summed E-state index contributed by atoms with van der Waals surface area (Å²) in [5.41, 5.74) is 3.29. The van der Waals surface area contributed by atoms with E-state index in [-0.39, 0.29) is 17.9 Å². The molecule has 0 aliphatic carbocycles. The van der Waals surface area contributed by atoms with E-state index in [1.54, 1.807) is 13.0 Å². The van der Waals surface area contributed by atoms with Gasteiger partial charge in [0, 0.05) is 71.1 Å². The molecule has 0 spiro atoms. The normalized spacial score (nSPS) is 20.1. The minimum Gasteiger partial charge on any atom is -0.474 e. The van der Waals surface area contributed by atoms with Gasteiger partial charge in [-0.05, 0) is 30.4 Å². The molecule has 0 saturated carbocycles. The molecule has 0 bridgehead atoms. The third-order valence-corrected chi connectivity index (χ3v) is 7.46. The molecule has 2 aromatic rings. The molecule has 180 valence electrons. The second-order valence-corrected chi connectivity index (χ2v) is 9.58.